The van der Waals surface area contributed by atoms with Crippen LogP contribution in [0.3, 0.4) is 0 Å². The molecule has 0 saturated carbocycles. The number of aliphatic hydroxyl groups is 1. The molecule has 0 saturated heterocycles. The molecule has 0 radical (unpaired) electrons. The summed E-state index contributed by atoms with van der Waals surface area (Å²) in [4.78, 5) is 3.76. The van der Waals surface area contributed by atoms with Gasteiger partial charge in [-0.3, -0.25) is 0 Å². The van der Waals surface area contributed by atoms with Crippen LogP contribution in [0, 0.1) is 0 Å². The van der Waals surface area contributed by atoms with Gasteiger partial charge in [0.1, 0.15) is 12.7 Å². The predicted octanol–water partition coefficient (Wildman–Crippen LogP) is -0.841. The van der Waals surface area contributed by atoms with E-state index in [1.165, 1.54) is 6.33 Å². The minimum Gasteiger partial charge on any atom is -0.394 e. The molecule has 1 aromatic heterocycles. The molecule has 5 nitrogen and oxygen atoms in total. The van der Waals surface area contributed by atoms with Crippen molar-refractivity contribution in [3.8, 4) is 0 Å². The number of nitrogens with zero attached hydrogens (tertiary/aromatic N) is 3. The van der Waals surface area contributed by atoms with E-state index in [1.807, 2.05) is 6.92 Å². The van der Waals surface area contributed by atoms with E-state index in [-0.39, 0.29) is 18.7 Å². The van der Waals surface area contributed by atoms with E-state index in [1.54, 1.807) is 11.0 Å². The molecular weight excluding hydrogens is 144 g/mol. The van der Waals surface area contributed by atoms with Crippen molar-refractivity contribution in [3.63, 3.8) is 0 Å². The van der Waals surface area contributed by atoms with Crippen LogP contribution < -0.4 is 5.73 Å². The summed E-state index contributed by atoms with van der Waals surface area (Å²) in [6, 6.07) is -0.292. The Balaban J connectivity index is 2.71. The molecule has 11 heavy (non-hydrogen) atoms. The topological polar surface area (TPSA) is 77.0 Å². The van der Waals surface area contributed by atoms with Crippen LogP contribution in [0.4, 0.5) is 0 Å². The van der Waals surface area contributed by atoms with Gasteiger partial charge in [-0.15, -0.1) is 0 Å². The highest BCUT2D eigenvalue weighted by molar-refractivity contribution is 4.74. The van der Waals surface area contributed by atoms with Crippen LogP contribution in [0.25, 0.3) is 0 Å². The fourth-order valence-electron chi connectivity index (χ4n) is 0.879. The number of aliphatic hydroxyl groups excluding tert-OH is 1. The van der Waals surface area contributed by atoms with Crippen LogP contribution in [0.5, 0.6) is 0 Å². The highest BCUT2D eigenvalue weighted by Crippen LogP contribution is 2.05. The molecule has 0 aliphatic carbocycles. The van der Waals surface area contributed by atoms with Gasteiger partial charge in [0.15, 0.2) is 0 Å². The van der Waals surface area contributed by atoms with Crippen LogP contribution in [0.2, 0.25) is 0 Å². The summed E-state index contributed by atoms with van der Waals surface area (Å²) < 4.78 is 1.56. The van der Waals surface area contributed by atoms with Gasteiger partial charge in [0.2, 0.25) is 0 Å². The Morgan fingerprint density at radius 1 is 1.73 bits per heavy atom. The molecule has 1 rings (SSSR count). The highest BCUT2D eigenvalue weighted by atomic mass is 16.3. The Morgan fingerprint density at radius 3 is 2.82 bits per heavy atom. The molecule has 0 spiro atoms. The Hall–Kier alpha value is -0.940. The molecule has 0 aliphatic rings. The van der Waals surface area contributed by atoms with Crippen LogP contribution in [0.1, 0.15) is 13.0 Å². The molecule has 0 amide bonds. The summed E-state index contributed by atoms with van der Waals surface area (Å²) in [6.07, 6.45) is 2.97. The second-order valence-corrected chi connectivity index (χ2v) is 2.48. The average molecular weight is 156 g/mol. The third kappa shape index (κ3) is 1.75. The summed E-state index contributed by atoms with van der Waals surface area (Å²) in [5.74, 6) is 0. The monoisotopic (exact) mass is 156 g/mol. The first kappa shape index (κ1) is 8.16. The standard InChI is InChI=1S/C6H12N4O/c1-5(7)6(2-11)10-4-8-3-9-10/h3-6,11H,2,7H2,1H3. The van der Waals surface area contributed by atoms with Crippen molar-refractivity contribution in [2.45, 2.75) is 19.0 Å². The van der Waals surface area contributed by atoms with E-state index in [9.17, 15) is 0 Å². The number of nitrogens with two attached hydrogens (primary N) is 1. The van der Waals surface area contributed by atoms with E-state index in [0.29, 0.717) is 0 Å². The van der Waals surface area contributed by atoms with Crippen LogP contribution >= 0.6 is 0 Å². The van der Waals surface area contributed by atoms with Gasteiger partial charge in [-0.05, 0) is 6.92 Å². The first-order chi connectivity index (χ1) is 5.25. The second-order valence-electron chi connectivity index (χ2n) is 2.48. The van der Waals surface area contributed by atoms with Gasteiger partial charge in [0, 0.05) is 6.04 Å². The Labute approximate surface area is 64.9 Å². The summed E-state index contributed by atoms with van der Waals surface area (Å²) in [6.45, 7) is 1.81. The predicted molar refractivity (Wildman–Crippen MR) is 39.8 cm³/mol. The van der Waals surface area contributed by atoms with Crippen molar-refractivity contribution < 1.29 is 5.11 Å². The minimum atomic E-state index is -0.169. The molecule has 62 valence electrons. The third-order valence-corrected chi connectivity index (χ3v) is 1.57. The van der Waals surface area contributed by atoms with Gasteiger partial charge < -0.3 is 10.8 Å². The van der Waals surface area contributed by atoms with Gasteiger partial charge in [-0.1, -0.05) is 0 Å². The first-order valence-corrected chi connectivity index (χ1v) is 3.46. The van der Waals surface area contributed by atoms with Gasteiger partial charge in [-0.2, -0.15) is 5.10 Å². The van der Waals surface area contributed by atoms with E-state index in [4.69, 9.17) is 10.8 Å². The Bertz CT molecular complexity index is 196. The lowest BCUT2D eigenvalue weighted by Gasteiger charge is -2.17. The smallest absolute Gasteiger partial charge is 0.137 e. The molecule has 0 aromatic carbocycles. The SMILES string of the molecule is CC(N)C(CO)n1cncn1. The van der Waals surface area contributed by atoms with Crippen molar-refractivity contribution >= 4 is 0 Å². The van der Waals surface area contributed by atoms with Crippen LogP contribution in [-0.4, -0.2) is 32.5 Å². The normalized spacial score (nSPS) is 16.3. The fourth-order valence-corrected chi connectivity index (χ4v) is 0.879. The maximum Gasteiger partial charge on any atom is 0.137 e. The summed E-state index contributed by atoms with van der Waals surface area (Å²) >= 11 is 0. The first-order valence-electron chi connectivity index (χ1n) is 3.46. The maximum atomic E-state index is 8.90. The average Bonchev–Trinajstić information content (AvgIpc) is 2.40. The van der Waals surface area contributed by atoms with E-state index >= 15 is 0 Å². The van der Waals surface area contributed by atoms with Gasteiger partial charge in [-0.25, -0.2) is 9.67 Å². The van der Waals surface area contributed by atoms with Crippen LogP contribution in [-0.2, 0) is 0 Å². The number of rotatable bonds is 3. The zero-order valence-electron chi connectivity index (χ0n) is 6.38. The highest BCUT2D eigenvalue weighted by Gasteiger charge is 2.14. The number of hydrogen-bond donors (Lipinski definition) is 2. The van der Waals surface area contributed by atoms with E-state index < -0.39 is 0 Å². The van der Waals surface area contributed by atoms with Crippen molar-refractivity contribution in [1.29, 1.82) is 0 Å². The van der Waals surface area contributed by atoms with Gasteiger partial charge in [0.25, 0.3) is 0 Å². The molecule has 5 heteroatoms. The van der Waals surface area contributed by atoms with Gasteiger partial charge >= 0.3 is 0 Å². The zero-order valence-corrected chi connectivity index (χ0v) is 6.38. The van der Waals surface area contributed by atoms with Crippen LogP contribution in [0.15, 0.2) is 12.7 Å². The second kappa shape index (κ2) is 3.45. The lowest BCUT2D eigenvalue weighted by Crippen LogP contribution is -2.32. The minimum absolute atomic E-state index is 0.0129. The number of hydrogen-bond acceptors (Lipinski definition) is 4. The van der Waals surface area contributed by atoms with E-state index in [2.05, 4.69) is 10.1 Å². The fraction of sp³-hybridized carbons (Fsp3) is 0.667. The molecule has 0 aliphatic heterocycles. The molecule has 0 bridgehead atoms. The lowest BCUT2D eigenvalue weighted by atomic mass is 10.2. The molecule has 2 atom stereocenters. The summed E-state index contributed by atoms with van der Waals surface area (Å²) in [7, 11) is 0. The van der Waals surface area contributed by atoms with Gasteiger partial charge in [0.05, 0.1) is 12.6 Å². The Morgan fingerprint density at radius 2 is 2.45 bits per heavy atom. The summed E-state index contributed by atoms with van der Waals surface area (Å²) in [5.41, 5.74) is 5.59. The summed E-state index contributed by atoms with van der Waals surface area (Å²) in [5, 5.41) is 12.8. The van der Waals surface area contributed by atoms with Crippen molar-refractivity contribution in [3.05, 3.63) is 12.7 Å². The van der Waals surface area contributed by atoms with E-state index in [0.717, 1.165) is 0 Å². The molecule has 1 heterocycles. The quantitative estimate of drug-likeness (QED) is 0.598. The largest absolute Gasteiger partial charge is 0.394 e. The number of aromatic nitrogens is 3. The van der Waals surface area contributed by atoms with Crippen molar-refractivity contribution in [2.75, 3.05) is 6.61 Å². The lowest BCUT2D eigenvalue weighted by molar-refractivity contribution is 0.201. The molecule has 2 unspecified atom stereocenters. The third-order valence-electron chi connectivity index (χ3n) is 1.57. The Kier molecular flexibility index (Phi) is 2.56. The molecule has 0 fully saturated rings. The molecular formula is C6H12N4O. The zero-order chi connectivity index (χ0) is 8.27. The van der Waals surface area contributed by atoms with Crippen molar-refractivity contribution in [2.24, 2.45) is 5.73 Å². The molecule has 3 N–H and O–H groups in total. The maximum absolute atomic E-state index is 8.90. The van der Waals surface area contributed by atoms with Crippen molar-refractivity contribution in [1.82, 2.24) is 14.8 Å². The molecule has 1 aromatic rings.